The highest BCUT2D eigenvalue weighted by Crippen LogP contribution is 2.16. The van der Waals surface area contributed by atoms with Gasteiger partial charge in [-0.1, -0.05) is 26.0 Å². The highest BCUT2D eigenvalue weighted by Gasteiger charge is 2.19. The lowest BCUT2D eigenvalue weighted by Gasteiger charge is -2.14. The summed E-state index contributed by atoms with van der Waals surface area (Å²) in [5.41, 5.74) is 2.00. The molecule has 0 unspecified atom stereocenters. The van der Waals surface area contributed by atoms with E-state index in [0.29, 0.717) is 25.8 Å². The molecule has 3 nitrogen and oxygen atoms in total. The maximum Gasteiger partial charge on any atom is 0.255 e. The first-order valence-electron chi connectivity index (χ1n) is 5.65. The van der Waals surface area contributed by atoms with Crippen LogP contribution in [0.15, 0.2) is 24.3 Å². The van der Waals surface area contributed by atoms with E-state index >= 15 is 0 Å². The molecule has 2 rings (SSSR count). The van der Waals surface area contributed by atoms with Crippen molar-refractivity contribution in [3.05, 3.63) is 35.4 Å². The number of benzene rings is 1. The van der Waals surface area contributed by atoms with E-state index in [-0.39, 0.29) is 5.91 Å². The third-order valence-electron chi connectivity index (χ3n) is 2.86. The Hall–Kier alpha value is -1.35. The summed E-state index contributed by atoms with van der Waals surface area (Å²) in [5.74, 6) is 0.562. The molecule has 0 aromatic heterocycles. The molecule has 3 heteroatoms. The summed E-state index contributed by atoms with van der Waals surface area (Å²) >= 11 is 0. The highest BCUT2D eigenvalue weighted by atomic mass is 16.5. The smallest absolute Gasteiger partial charge is 0.255 e. The molecule has 0 N–H and O–H groups in total. The molecule has 1 heterocycles. The second-order valence-corrected chi connectivity index (χ2v) is 4.38. The molecule has 0 saturated carbocycles. The molecule has 1 fully saturated rings. The van der Waals surface area contributed by atoms with E-state index in [1.165, 1.54) is 5.56 Å². The lowest BCUT2D eigenvalue weighted by atomic mass is 10.0. The molecule has 0 radical (unpaired) electrons. The van der Waals surface area contributed by atoms with Gasteiger partial charge in [0.05, 0.1) is 6.61 Å². The lowest BCUT2D eigenvalue weighted by Crippen LogP contribution is -2.28. The highest BCUT2D eigenvalue weighted by molar-refractivity contribution is 5.94. The molecule has 0 atom stereocenters. The summed E-state index contributed by atoms with van der Waals surface area (Å²) in [6.45, 7) is 6.06. The number of hydrogen-bond acceptors (Lipinski definition) is 2. The average Bonchev–Trinajstić information content (AvgIpc) is 2.81. The van der Waals surface area contributed by atoms with Gasteiger partial charge in [0.2, 0.25) is 0 Å². The van der Waals surface area contributed by atoms with Gasteiger partial charge in [0.15, 0.2) is 0 Å². The fourth-order valence-corrected chi connectivity index (χ4v) is 1.77. The number of ether oxygens (including phenoxy) is 1. The number of hydrogen-bond donors (Lipinski definition) is 0. The topological polar surface area (TPSA) is 29.5 Å². The summed E-state index contributed by atoms with van der Waals surface area (Å²) < 4.78 is 5.17. The number of carbonyl (C=O) groups is 1. The zero-order chi connectivity index (χ0) is 11.5. The quantitative estimate of drug-likeness (QED) is 0.763. The third kappa shape index (κ3) is 2.25. The second-order valence-electron chi connectivity index (χ2n) is 4.38. The average molecular weight is 219 g/mol. The van der Waals surface area contributed by atoms with Crippen LogP contribution < -0.4 is 0 Å². The van der Waals surface area contributed by atoms with Crippen LogP contribution in [-0.2, 0) is 4.74 Å². The Labute approximate surface area is 96.0 Å². The third-order valence-corrected chi connectivity index (χ3v) is 2.86. The second kappa shape index (κ2) is 4.66. The van der Waals surface area contributed by atoms with Gasteiger partial charge < -0.3 is 9.64 Å². The Morgan fingerprint density at radius 3 is 2.50 bits per heavy atom. The largest absolute Gasteiger partial charge is 0.359 e. The van der Waals surface area contributed by atoms with E-state index in [1.807, 2.05) is 24.3 Å². The van der Waals surface area contributed by atoms with Crippen molar-refractivity contribution in [2.45, 2.75) is 19.8 Å². The van der Waals surface area contributed by atoms with Crippen LogP contribution in [0.4, 0.5) is 0 Å². The molecule has 1 aliphatic rings. The van der Waals surface area contributed by atoms with Gasteiger partial charge in [-0.25, -0.2) is 0 Å². The zero-order valence-electron chi connectivity index (χ0n) is 9.77. The van der Waals surface area contributed by atoms with Gasteiger partial charge in [-0.2, -0.15) is 0 Å². The molecule has 1 aromatic carbocycles. The van der Waals surface area contributed by atoms with Gasteiger partial charge in [0, 0.05) is 12.1 Å². The first-order valence-corrected chi connectivity index (χ1v) is 5.65. The fourth-order valence-electron chi connectivity index (χ4n) is 1.77. The van der Waals surface area contributed by atoms with E-state index in [2.05, 4.69) is 13.8 Å². The van der Waals surface area contributed by atoms with Crippen molar-refractivity contribution in [3.8, 4) is 0 Å². The first-order chi connectivity index (χ1) is 7.68. The van der Waals surface area contributed by atoms with Crippen LogP contribution in [-0.4, -0.2) is 30.7 Å². The normalized spacial score (nSPS) is 15.8. The standard InChI is InChI=1S/C13H17NO2/c1-10(2)11-3-5-12(6-4-11)13(15)14-7-8-16-9-14/h3-6,10H,7-9H2,1-2H3. The molecule has 86 valence electrons. The van der Waals surface area contributed by atoms with Crippen LogP contribution >= 0.6 is 0 Å². The maximum atomic E-state index is 12.0. The maximum absolute atomic E-state index is 12.0. The number of nitrogens with zero attached hydrogens (tertiary/aromatic N) is 1. The van der Waals surface area contributed by atoms with Crippen molar-refractivity contribution < 1.29 is 9.53 Å². The summed E-state index contributed by atoms with van der Waals surface area (Å²) in [7, 11) is 0. The Kier molecular flexibility index (Phi) is 3.25. The SMILES string of the molecule is CC(C)c1ccc(C(=O)N2CCOC2)cc1. The van der Waals surface area contributed by atoms with Gasteiger partial charge in [0.25, 0.3) is 5.91 Å². The van der Waals surface area contributed by atoms with Crippen molar-refractivity contribution in [1.82, 2.24) is 4.90 Å². The van der Waals surface area contributed by atoms with Gasteiger partial charge in [0.1, 0.15) is 6.73 Å². The van der Waals surface area contributed by atoms with Crippen LogP contribution in [0.5, 0.6) is 0 Å². The lowest BCUT2D eigenvalue weighted by molar-refractivity contribution is 0.0695. The molecular weight excluding hydrogens is 202 g/mol. The molecule has 0 bridgehead atoms. The van der Waals surface area contributed by atoms with E-state index in [1.54, 1.807) is 4.90 Å². The van der Waals surface area contributed by atoms with E-state index in [9.17, 15) is 4.79 Å². The first kappa shape index (κ1) is 11.1. The monoisotopic (exact) mass is 219 g/mol. The van der Waals surface area contributed by atoms with E-state index in [0.717, 1.165) is 5.56 Å². The minimum Gasteiger partial charge on any atom is -0.359 e. The van der Waals surface area contributed by atoms with Crippen LogP contribution in [0.3, 0.4) is 0 Å². The van der Waals surface area contributed by atoms with E-state index in [4.69, 9.17) is 4.74 Å². The Balaban J connectivity index is 2.11. The van der Waals surface area contributed by atoms with Crippen LogP contribution in [0, 0.1) is 0 Å². The van der Waals surface area contributed by atoms with Gasteiger partial charge in [-0.15, -0.1) is 0 Å². The van der Waals surface area contributed by atoms with Crippen molar-refractivity contribution >= 4 is 5.91 Å². The zero-order valence-corrected chi connectivity index (χ0v) is 9.77. The molecule has 1 saturated heterocycles. The summed E-state index contributed by atoms with van der Waals surface area (Å²) in [6, 6.07) is 7.84. The van der Waals surface area contributed by atoms with E-state index < -0.39 is 0 Å². The minimum atomic E-state index is 0.0628. The molecule has 0 spiro atoms. The predicted octanol–water partition coefficient (Wildman–Crippen LogP) is 2.24. The minimum absolute atomic E-state index is 0.0628. The van der Waals surface area contributed by atoms with Crippen LogP contribution in [0.2, 0.25) is 0 Å². The number of amides is 1. The summed E-state index contributed by atoms with van der Waals surface area (Å²) in [6.07, 6.45) is 0. The van der Waals surface area contributed by atoms with Gasteiger partial charge >= 0.3 is 0 Å². The molecule has 1 aliphatic heterocycles. The van der Waals surface area contributed by atoms with Crippen molar-refractivity contribution in [2.75, 3.05) is 19.9 Å². The summed E-state index contributed by atoms with van der Waals surface area (Å²) in [4.78, 5) is 13.7. The predicted molar refractivity (Wildman–Crippen MR) is 62.4 cm³/mol. The van der Waals surface area contributed by atoms with Crippen molar-refractivity contribution in [1.29, 1.82) is 0 Å². The number of rotatable bonds is 2. The molecular formula is C13H17NO2. The summed E-state index contributed by atoms with van der Waals surface area (Å²) in [5, 5.41) is 0. The molecule has 16 heavy (non-hydrogen) atoms. The Bertz CT molecular complexity index is 364. The molecule has 1 aromatic rings. The van der Waals surface area contributed by atoms with Crippen LogP contribution in [0.25, 0.3) is 0 Å². The number of carbonyl (C=O) groups excluding carboxylic acids is 1. The molecule has 0 aliphatic carbocycles. The van der Waals surface area contributed by atoms with Crippen molar-refractivity contribution in [3.63, 3.8) is 0 Å². The van der Waals surface area contributed by atoms with Gasteiger partial charge in [-0.05, 0) is 23.6 Å². The van der Waals surface area contributed by atoms with Gasteiger partial charge in [-0.3, -0.25) is 4.79 Å². The Morgan fingerprint density at radius 1 is 1.31 bits per heavy atom. The Morgan fingerprint density at radius 2 is 2.00 bits per heavy atom. The fraction of sp³-hybridized carbons (Fsp3) is 0.462. The van der Waals surface area contributed by atoms with Crippen molar-refractivity contribution in [2.24, 2.45) is 0 Å². The molecule has 1 amide bonds. The van der Waals surface area contributed by atoms with Crippen LogP contribution in [0.1, 0.15) is 35.7 Å².